The fraction of sp³-hybridized carbons (Fsp3) is 0.444. The molecule has 0 aromatic heterocycles. The van der Waals surface area contributed by atoms with E-state index in [1.807, 2.05) is 6.08 Å². The van der Waals surface area contributed by atoms with Crippen LogP contribution in [0, 0.1) is 0 Å². The summed E-state index contributed by atoms with van der Waals surface area (Å²) in [4.78, 5) is 11.4. The Hall–Kier alpha value is 0.790. The van der Waals surface area contributed by atoms with E-state index in [-0.39, 0.29) is 34.3 Å². The summed E-state index contributed by atoms with van der Waals surface area (Å²) in [5.41, 5.74) is 0. The molecule has 0 aromatic rings. The molecule has 0 unspecified atom stereocenters. The van der Waals surface area contributed by atoms with Crippen molar-refractivity contribution in [2.45, 2.75) is 17.0 Å². The van der Waals surface area contributed by atoms with Gasteiger partial charge in [0.1, 0.15) is 0 Å². The number of aliphatic hydroxyl groups is 1. The third-order valence-corrected chi connectivity index (χ3v) is 8.61. The molecule has 0 amide bonds. The van der Waals surface area contributed by atoms with Gasteiger partial charge in [-0.1, -0.05) is 0 Å². The SMILES string of the molecule is O=C1C=C2[SiH2]C2=[C]1[Zr+2][CH2]CCCO.[Cl-].[Cl-]. The maximum Gasteiger partial charge on any atom is -1.00 e. The molecule has 6 heteroatoms. The van der Waals surface area contributed by atoms with Gasteiger partial charge in [0.2, 0.25) is 0 Å². The second-order valence-electron chi connectivity index (χ2n) is 3.42. The Labute approximate surface area is 116 Å². The van der Waals surface area contributed by atoms with Gasteiger partial charge in [-0.3, -0.25) is 0 Å². The van der Waals surface area contributed by atoms with Crippen molar-refractivity contribution >= 4 is 15.3 Å². The van der Waals surface area contributed by atoms with Gasteiger partial charge in [-0.15, -0.1) is 0 Å². The molecule has 82 valence electrons. The topological polar surface area (TPSA) is 37.3 Å². The van der Waals surface area contributed by atoms with Crippen LogP contribution in [-0.2, 0) is 28.0 Å². The van der Waals surface area contributed by atoms with Gasteiger partial charge >= 0.3 is 91.8 Å². The molecule has 0 spiro atoms. The van der Waals surface area contributed by atoms with Gasteiger partial charge in [0.25, 0.3) is 0 Å². The van der Waals surface area contributed by atoms with Gasteiger partial charge in [-0.25, -0.2) is 0 Å². The van der Waals surface area contributed by atoms with E-state index in [0.29, 0.717) is 12.4 Å². The molecule has 2 nitrogen and oxygen atoms in total. The predicted octanol–water partition coefficient (Wildman–Crippen LogP) is -5.87. The van der Waals surface area contributed by atoms with Gasteiger partial charge in [-0.2, -0.15) is 0 Å². The van der Waals surface area contributed by atoms with Gasteiger partial charge in [0.05, 0.1) is 0 Å². The minimum absolute atomic E-state index is 0. The standard InChI is InChI=1S/C5H3OSi.C4H9O.2ClH.Zr/c6-3-1-4-5(2-3)7-4;1-2-3-4-5;;;/h1H,7H2;5H,1-4H2;2*1H;/q;;;;+2/p-2. The van der Waals surface area contributed by atoms with Crippen molar-refractivity contribution in [1.82, 2.24) is 0 Å². The number of allylic oxidation sites excluding steroid dienone is 4. The maximum atomic E-state index is 11.4. The number of ketones is 1. The van der Waals surface area contributed by atoms with Crippen LogP contribution in [0.15, 0.2) is 19.7 Å². The summed E-state index contributed by atoms with van der Waals surface area (Å²) in [5.74, 6) is 0.347. The van der Waals surface area contributed by atoms with Crippen LogP contribution in [0.4, 0.5) is 0 Å². The fourth-order valence-electron chi connectivity index (χ4n) is 1.56. The summed E-state index contributed by atoms with van der Waals surface area (Å²) in [6.07, 6.45) is 3.91. The number of rotatable bonds is 5. The molecule has 0 aromatic carbocycles. The summed E-state index contributed by atoms with van der Waals surface area (Å²) in [6, 6.07) is 0. The minimum Gasteiger partial charge on any atom is -1.00 e. The first-order valence-electron chi connectivity index (χ1n) is 4.66. The number of carbonyl (C=O) groups is 1. The molecule has 1 aliphatic carbocycles. The predicted molar refractivity (Wildman–Crippen MR) is 49.8 cm³/mol. The molecule has 1 N–H and O–H groups in total. The third-order valence-electron chi connectivity index (χ3n) is 2.37. The van der Waals surface area contributed by atoms with Crippen LogP contribution in [0.25, 0.3) is 0 Å². The quantitative estimate of drug-likeness (QED) is 0.399. The molecule has 1 fully saturated rings. The van der Waals surface area contributed by atoms with Crippen molar-refractivity contribution in [2.75, 3.05) is 6.61 Å². The zero-order chi connectivity index (χ0) is 9.26. The van der Waals surface area contributed by atoms with Gasteiger partial charge < -0.3 is 24.8 Å². The Bertz CT molecular complexity index is 315. The van der Waals surface area contributed by atoms with E-state index >= 15 is 0 Å². The van der Waals surface area contributed by atoms with E-state index in [1.165, 1.54) is 17.8 Å². The van der Waals surface area contributed by atoms with Crippen LogP contribution in [0.5, 0.6) is 0 Å². The van der Waals surface area contributed by atoms with Crippen LogP contribution in [0.3, 0.4) is 0 Å². The zero-order valence-electron chi connectivity index (χ0n) is 8.22. The average Bonchev–Trinajstić information content (AvgIpc) is 2.78. The van der Waals surface area contributed by atoms with Crippen molar-refractivity contribution in [2.24, 2.45) is 0 Å². The molecule has 1 aliphatic heterocycles. The maximum absolute atomic E-state index is 11.4. The summed E-state index contributed by atoms with van der Waals surface area (Å²) < 4.78 is 2.51. The van der Waals surface area contributed by atoms with Crippen LogP contribution in [0.1, 0.15) is 12.8 Å². The van der Waals surface area contributed by atoms with Gasteiger partial charge in [0.15, 0.2) is 0 Å². The van der Waals surface area contributed by atoms with Gasteiger partial charge in [0, 0.05) is 0 Å². The zero-order valence-corrected chi connectivity index (χ0v) is 13.6. The molecule has 2 rings (SSSR count). The normalized spacial score (nSPS) is 17.7. The first-order chi connectivity index (χ1) is 6.33. The molecule has 0 radical (unpaired) electrons. The first kappa shape index (κ1) is 15.8. The second-order valence-corrected chi connectivity index (χ2v) is 8.57. The van der Waals surface area contributed by atoms with E-state index in [9.17, 15) is 4.79 Å². The number of fused-ring (bicyclic) bond motifs is 1. The summed E-state index contributed by atoms with van der Waals surface area (Å²) in [6.45, 7) is 0.303. The second kappa shape index (κ2) is 7.18. The Balaban J connectivity index is 0.000000980. The van der Waals surface area contributed by atoms with E-state index in [4.69, 9.17) is 5.11 Å². The number of unbranched alkanes of at least 4 members (excludes halogenated alkanes) is 1. The Morgan fingerprint density at radius 1 is 1.33 bits per heavy atom. The Kier molecular flexibility index (Phi) is 7.56. The number of hydrogen-bond acceptors (Lipinski definition) is 2. The molecular weight excluding hydrogens is 330 g/mol. The van der Waals surface area contributed by atoms with Crippen molar-refractivity contribution in [3.63, 3.8) is 0 Å². The molecule has 0 bridgehead atoms. The van der Waals surface area contributed by atoms with Crippen molar-refractivity contribution in [3.05, 3.63) is 19.7 Å². The third kappa shape index (κ3) is 3.94. The molecule has 0 saturated carbocycles. The fourth-order valence-corrected chi connectivity index (χ4v) is 7.78. The smallest absolute Gasteiger partial charge is 1.00 e. The van der Waals surface area contributed by atoms with Crippen molar-refractivity contribution in [1.29, 1.82) is 0 Å². The van der Waals surface area contributed by atoms with Crippen LogP contribution >= 0.6 is 0 Å². The summed E-state index contributed by atoms with van der Waals surface area (Å²) >= 11 is -0.560. The molecule has 2 aliphatic rings. The van der Waals surface area contributed by atoms with E-state index in [2.05, 4.69) is 0 Å². The molecule has 15 heavy (non-hydrogen) atoms. The average molecular weight is 342 g/mol. The number of hydrogen-bond donors (Lipinski definition) is 1. The van der Waals surface area contributed by atoms with Crippen molar-refractivity contribution < 1.29 is 58.0 Å². The molecule has 1 saturated heterocycles. The number of carbonyl (C=O) groups excluding carboxylic acids is 1. The first-order valence-corrected chi connectivity index (χ1v) is 9.04. The van der Waals surface area contributed by atoms with Gasteiger partial charge in [-0.05, 0) is 0 Å². The number of aliphatic hydroxyl groups excluding tert-OH is 1. The van der Waals surface area contributed by atoms with Crippen LogP contribution < -0.4 is 24.8 Å². The summed E-state index contributed by atoms with van der Waals surface area (Å²) in [7, 11) is -0.0139. The van der Waals surface area contributed by atoms with E-state index in [1.54, 1.807) is 0 Å². The Morgan fingerprint density at radius 3 is 2.60 bits per heavy atom. The molecular formula is C9H12Cl2O2SiZr. The summed E-state index contributed by atoms with van der Waals surface area (Å²) in [5, 5.41) is 11.6. The monoisotopic (exact) mass is 340 g/mol. The van der Waals surface area contributed by atoms with Crippen molar-refractivity contribution in [3.8, 4) is 0 Å². The van der Waals surface area contributed by atoms with Crippen LogP contribution in [-0.4, -0.2) is 27.0 Å². The molecule has 1 heterocycles. The van der Waals surface area contributed by atoms with E-state index < -0.39 is 23.2 Å². The molecule has 0 atom stereocenters. The van der Waals surface area contributed by atoms with Crippen LogP contribution in [0.2, 0.25) is 4.13 Å². The minimum atomic E-state index is -0.560. The van der Waals surface area contributed by atoms with E-state index in [0.717, 1.165) is 12.8 Å². The largest absolute Gasteiger partial charge is 1.00 e. The Morgan fingerprint density at radius 2 is 2.07 bits per heavy atom. The number of halogens is 2.